The van der Waals surface area contributed by atoms with E-state index in [-0.39, 0.29) is 11.5 Å². The van der Waals surface area contributed by atoms with Gasteiger partial charge in [0.15, 0.2) is 0 Å². The first kappa shape index (κ1) is 24.6. The monoisotopic (exact) mass is 507 g/mol. The van der Waals surface area contributed by atoms with Gasteiger partial charge in [0.25, 0.3) is 5.91 Å². The molecule has 0 radical (unpaired) electrons. The van der Waals surface area contributed by atoms with E-state index in [2.05, 4.69) is 22.5 Å². The summed E-state index contributed by atoms with van der Waals surface area (Å²) in [5.74, 6) is 1.43. The molecule has 3 aromatic rings. The zero-order valence-corrected chi connectivity index (χ0v) is 21.2. The minimum absolute atomic E-state index is 0.125. The molecule has 172 valence electrons. The van der Waals surface area contributed by atoms with E-state index in [9.17, 15) is 4.79 Å². The van der Waals surface area contributed by atoms with Crippen LogP contribution in [0, 0.1) is 0 Å². The van der Waals surface area contributed by atoms with Gasteiger partial charge in [-0.1, -0.05) is 43.0 Å². The summed E-state index contributed by atoms with van der Waals surface area (Å²) < 4.78 is 12.1. The Morgan fingerprint density at radius 2 is 1.64 bits per heavy atom. The van der Waals surface area contributed by atoms with Crippen molar-refractivity contribution in [3.8, 4) is 11.5 Å². The highest BCUT2D eigenvalue weighted by atomic mass is 79.9. The summed E-state index contributed by atoms with van der Waals surface area (Å²) in [5, 5.41) is 0. The molecule has 0 aromatic heterocycles. The van der Waals surface area contributed by atoms with Crippen LogP contribution >= 0.6 is 15.9 Å². The van der Waals surface area contributed by atoms with E-state index >= 15 is 0 Å². The molecule has 0 bridgehead atoms. The van der Waals surface area contributed by atoms with Crippen molar-refractivity contribution in [2.24, 2.45) is 0 Å². The third kappa shape index (κ3) is 6.96. The highest BCUT2D eigenvalue weighted by Crippen LogP contribution is 2.29. The van der Waals surface area contributed by atoms with Gasteiger partial charge in [-0.25, -0.2) is 0 Å². The van der Waals surface area contributed by atoms with Gasteiger partial charge < -0.3 is 14.4 Å². The van der Waals surface area contributed by atoms with Crippen molar-refractivity contribution in [1.29, 1.82) is 0 Å². The molecule has 0 saturated heterocycles. The molecule has 0 heterocycles. The van der Waals surface area contributed by atoms with Crippen molar-refractivity contribution in [3.05, 3.63) is 101 Å². The van der Waals surface area contributed by atoms with Crippen molar-refractivity contribution >= 4 is 27.5 Å². The fourth-order valence-corrected chi connectivity index (χ4v) is 3.93. The van der Waals surface area contributed by atoms with Crippen LogP contribution in [0.3, 0.4) is 0 Å². The Morgan fingerprint density at radius 1 is 0.939 bits per heavy atom. The van der Waals surface area contributed by atoms with Crippen molar-refractivity contribution < 1.29 is 14.3 Å². The first-order chi connectivity index (χ1) is 15.7. The summed E-state index contributed by atoms with van der Waals surface area (Å²) in [6, 6.07) is 23.3. The summed E-state index contributed by atoms with van der Waals surface area (Å²) in [7, 11) is 1.64. The number of amides is 1. The van der Waals surface area contributed by atoms with E-state index in [0.717, 1.165) is 32.8 Å². The van der Waals surface area contributed by atoms with Crippen LogP contribution in [0.2, 0.25) is 0 Å². The van der Waals surface area contributed by atoms with Gasteiger partial charge in [-0.2, -0.15) is 0 Å². The molecule has 0 atom stereocenters. The number of carbonyl (C=O) groups is 1. The maximum Gasteiger partial charge on any atom is 0.254 e. The normalized spacial score (nSPS) is 11.1. The summed E-state index contributed by atoms with van der Waals surface area (Å²) in [6.45, 7) is 10.6. The smallest absolute Gasteiger partial charge is 0.254 e. The van der Waals surface area contributed by atoms with Gasteiger partial charge in [0.05, 0.1) is 19.3 Å². The fourth-order valence-electron chi connectivity index (χ4n) is 3.44. The fraction of sp³-hybridized carbons (Fsp3) is 0.250. The van der Waals surface area contributed by atoms with Gasteiger partial charge in [-0.15, -0.1) is 0 Å². The average Bonchev–Trinajstić information content (AvgIpc) is 2.77. The van der Waals surface area contributed by atoms with Crippen LogP contribution in [0.1, 0.15) is 31.9 Å². The second-order valence-electron chi connectivity index (χ2n) is 8.83. The second-order valence-corrected chi connectivity index (χ2v) is 9.69. The molecule has 4 nitrogen and oxygen atoms in total. The van der Waals surface area contributed by atoms with Crippen molar-refractivity contribution in [1.82, 2.24) is 0 Å². The van der Waals surface area contributed by atoms with E-state index in [1.165, 1.54) is 0 Å². The zero-order chi connectivity index (χ0) is 24.0. The van der Waals surface area contributed by atoms with E-state index in [0.29, 0.717) is 18.5 Å². The van der Waals surface area contributed by atoms with E-state index in [1.807, 2.05) is 93.6 Å². The van der Waals surface area contributed by atoms with Gasteiger partial charge in [0.1, 0.15) is 17.1 Å². The molecule has 0 saturated carbocycles. The van der Waals surface area contributed by atoms with Crippen LogP contribution in [0.15, 0.2) is 89.4 Å². The van der Waals surface area contributed by atoms with Crippen LogP contribution in [-0.4, -0.2) is 18.6 Å². The number of carbonyl (C=O) groups excluding carboxylic acids is 1. The molecule has 33 heavy (non-hydrogen) atoms. The Labute approximate surface area is 205 Å². The van der Waals surface area contributed by atoms with Gasteiger partial charge in [-0.05, 0) is 84.2 Å². The number of nitrogens with zero attached hydrogens (tertiary/aromatic N) is 1. The SMILES string of the molecule is C=C(Cc1cccc(OC(C)(C)C)c1)C(=O)N(Cc1ccc(OC)cc1)c1ccccc1Br. The van der Waals surface area contributed by atoms with Gasteiger partial charge in [-0.3, -0.25) is 4.79 Å². The predicted molar refractivity (Wildman–Crippen MR) is 138 cm³/mol. The molecule has 0 aliphatic carbocycles. The summed E-state index contributed by atoms with van der Waals surface area (Å²) in [4.78, 5) is 15.3. The van der Waals surface area contributed by atoms with Crippen LogP contribution in [-0.2, 0) is 17.8 Å². The molecule has 5 heteroatoms. The first-order valence-electron chi connectivity index (χ1n) is 10.8. The lowest BCUT2D eigenvalue weighted by atomic mass is 10.0. The van der Waals surface area contributed by atoms with Crippen molar-refractivity contribution in [2.75, 3.05) is 12.0 Å². The number of hydrogen-bond acceptors (Lipinski definition) is 3. The second kappa shape index (κ2) is 10.7. The number of halogens is 1. The third-order valence-corrected chi connectivity index (χ3v) is 5.60. The lowest BCUT2D eigenvalue weighted by Crippen LogP contribution is -2.32. The summed E-state index contributed by atoms with van der Waals surface area (Å²) >= 11 is 3.59. The molecule has 3 rings (SSSR count). The number of methoxy groups -OCH3 is 1. The van der Waals surface area contributed by atoms with E-state index in [1.54, 1.807) is 12.0 Å². The van der Waals surface area contributed by atoms with E-state index in [4.69, 9.17) is 9.47 Å². The van der Waals surface area contributed by atoms with Crippen molar-refractivity contribution in [2.45, 2.75) is 39.3 Å². The molecular weight excluding hydrogens is 478 g/mol. The lowest BCUT2D eigenvalue weighted by Gasteiger charge is -2.25. The van der Waals surface area contributed by atoms with Crippen molar-refractivity contribution in [3.63, 3.8) is 0 Å². The molecular formula is C28H30BrNO3. The largest absolute Gasteiger partial charge is 0.497 e. The highest BCUT2D eigenvalue weighted by Gasteiger charge is 2.21. The Morgan fingerprint density at radius 3 is 2.27 bits per heavy atom. The maximum absolute atomic E-state index is 13.6. The number of benzene rings is 3. The number of ether oxygens (including phenoxy) is 2. The molecule has 0 spiro atoms. The Hall–Kier alpha value is -3.05. The molecule has 0 aliphatic rings. The van der Waals surface area contributed by atoms with Crippen LogP contribution in [0.25, 0.3) is 0 Å². The third-order valence-electron chi connectivity index (χ3n) is 4.93. The quantitative estimate of drug-likeness (QED) is 0.309. The number of para-hydroxylation sites is 1. The minimum atomic E-state index is -0.291. The number of anilines is 1. The summed E-state index contributed by atoms with van der Waals surface area (Å²) in [5.41, 5.74) is 2.98. The molecule has 1 amide bonds. The summed E-state index contributed by atoms with van der Waals surface area (Å²) in [6.07, 6.45) is 0.434. The van der Waals surface area contributed by atoms with E-state index < -0.39 is 0 Å². The Kier molecular flexibility index (Phi) is 7.98. The maximum atomic E-state index is 13.6. The predicted octanol–water partition coefficient (Wildman–Crippen LogP) is 6.97. The minimum Gasteiger partial charge on any atom is -0.497 e. The zero-order valence-electron chi connectivity index (χ0n) is 19.6. The van der Waals surface area contributed by atoms with Gasteiger partial charge in [0.2, 0.25) is 0 Å². The molecule has 3 aromatic carbocycles. The molecule has 0 N–H and O–H groups in total. The van der Waals surface area contributed by atoms with Gasteiger partial charge in [0, 0.05) is 16.5 Å². The average molecular weight is 508 g/mol. The Bertz CT molecular complexity index is 1120. The molecule has 0 unspecified atom stereocenters. The molecule has 0 aliphatic heterocycles. The Balaban J connectivity index is 1.84. The topological polar surface area (TPSA) is 38.8 Å². The number of rotatable bonds is 8. The van der Waals surface area contributed by atoms with Gasteiger partial charge >= 0.3 is 0 Å². The lowest BCUT2D eigenvalue weighted by molar-refractivity contribution is -0.115. The molecule has 0 fully saturated rings. The van der Waals surface area contributed by atoms with Crippen LogP contribution < -0.4 is 14.4 Å². The standard InChI is InChI=1S/C28H30BrNO3/c1-20(17-22-9-8-10-24(18-22)33-28(2,3)4)27(31)30(26-12-7-6-11-25(26)29)19-21-13-15-23(32-5)16-14-21/h6-16,18H,1,17,19H2,2-5H3. The van der Waals surface area contributed by atoms with Crippen LogP contribution in [0.5, 0.6) is 11.5 Å². The first-order valence-corrected chi connectivity index (χ1v) is 11.6. The van der Waals surface area contributed by atoms with Crippen LogP contribution in [0.4, 0.5) is 5.69 Å². The number of hydrogen-bond donors (Lipinski definition) is 0. The highest BCUT2D eigenvalue weighted by molar-refractivity contribution is 9.10.